The van der Waals surface area contributed by atoms with Crippen LogP contribution in [-0.4, -0.2) is 32.6 Å². The number of sulfonamides is 1. The van der Waals surface area contributed by atoms with E-state index in [1.54, 1.807) is 0 Å². The lowest BCUT2D eigenvalue weighted by Gasteiger charge is -2.18. The van der Waals surface area contributed by atoms with Gasteiger partial charge in [-0.05, 0) is 24.6 Å². The largest absolute Gasteiger partial charge is 0.482 e. The lowest BCUT2D eigenvalue weighted by Crippen LogP contribution is -2.33. The molecular formula is C13H16N2O5S. The highest BCUT2D eigenvalue weighted by Gasteiger charge is 2.20. The third kappa shape index (κ3) is 3.94. The second kappa shape index (κ2) is 6.13. The Morgan fingerprint density at radius 2 is 2.19 bits per heavy atom. The lowest BCUT2D eigenvalue weighted by atomic mass is 10.1. The fourth-order valence-electron chi connectivity index (χ4n) is 1.81. The zero-order valence-electron chi connectivity index (χ0n) is 11.5. The van der Waals surface area contributed by atoms with Gasteiger partial charge in [0.15, 0.2) is 6.61 Å². The predicted molar refractivity (Wildman–Crippen MR) is 76.7 cm³/mol. The fourth-order valence-corrected chi connectivity index (χ4v) is 2.98. The number of fused-ring (bicyclic) bond motifs is 1. The first-order chi connectivity index (χ1) is 9.91. The van der Waals surface area contributed by atoms with Crippen molar-refractivity contribution in [2.75, 3.05) is 17.7 Å². The minimum atomic E-state index is -3.64. The summed E-state index contributed by atoms with van der Waals surface area (Å²) in [7, 11) is -3.64. The number of hydrogen-bond donors (Lipinski definition) is 2. The molecule has 1 aromatic carbocycles. The van der Waals surface area contributed by atoms with E-state index >= 15 is 0 Å². The minimum Gasteiger partial charge on any atom is -0.482 e. The Morgan fingerprint density at radius 3 is 2.90 bits per heavy atom. The molecule has 0 radical (unpaired) electrons. The summed E-state index contributed by atoms with van der Waals surface area (Å²) in [4.78, 5) is 23.2. The molecule has 0 atom stereocenters. The molecule has 2 N–H and O–H groups in total. The van der Waals surface area contributed by atoms with Gasteiger partial charge < -0.3 is 10.1 Å². The van der Waals surface area contributed by atoms with Crippen molar-refractivity contribution >= 4 is 27.5 Å². The van der Waals surface area contributed by atoms with Gasteiger partial charge in [0.2, 0.25) is 10.0 Å². The Morgan fingerprint density at radius 1 is 1.43 bits per heavy atom. The number of carbonyl (C=O) groups is 2. The highest BCUT2D eigenvalue weighted by Crippen LogP contribution is 2.28. The summed E-state index contributed by atoms with van der Waals surface area (Å²) in [6.07, 6.45) is 1.20. The van der Waals surface area contributed by atoms with E-state index in [1.165, 1.54) is 18.2 Å². The smallest absolute Gasteiger partial charge is 0.264 e. The Bertz CT molecular complexity index is 669. The molecule has 1 aliphatic heterocycles. The molecule has 0 aliphatic carbocycles. The molecule has 114 valence electrons. The van der Waals surface area contributed by atoms with Crippen molar-refractivity contribution in [3.05, 3.63) is 23.8 Å². The number of benzene rings is 1. The Balaban J connectivity index is 2.13. The van der Waals surface area contributed by atoms with Gasteiger partial charge in [0.1, 0.15) is 5.75 Å². The highest BCUT2D eigenvalue weighted by molar-refractivity contribution is 7.90. The molecule has 0 aromatic heterocycles. The molecular weight excluding hydrogens is 296 g/mol. The molecule has 0 unspecified atom stereocenters. The van der Waals surface area contributed by atoms with Crippen LogP contribution in [0.4, 0.5) is 5.69 Å². The molecule has 1 aromatic rings. The summed E-state index contributed by atoms with van der Waals surface area (Å²) in [5.74, 6) is -0.704. The van der Waals surface area contributed by atoms with Crippen LogP contribution in [0.15, 0.2) is 18.2 Å². The topological polar surface area (TPSA) is 102 Å². The van der Waals surface area contributed by atoms with Gasteiger partial charge in [0, 0.05) is 5.56 Å². The highest BCUT2D eigenvalue weighted by atomic mass is 32.2. The predicted octanol–water partition coefficient (Wildman–Crippen LogP) is 0.877. The number of carbonyl (C=O) groups excluding carboxylic acids is 2. The van der Waals surface area contributed by atoms with Crippen molar-refractivity contribution < 1.29 is 22.7 Å². The van der Waals surface area contributed by atoms with Gasteiger partial charge in [0.25, 0.3) is 11.8 Å². The van der Waals surface area contributed by atoms with Crippen LogP contribution in [0.25, 0.3) is 0 Å². The number of amides is 2. The second-order valence-electron chi connectivity index (χ2n) is 4.65. The standard InChI is InChI=1S/C13H16N2O5S/c1-2-3-6-21(18,19)15-13(17)9-4-5-11-10(7-9)14-12(16)8-20-11/h4-5,7H,2-3,6,8H2,1H3,(H,14,16)(H,15,17). The van der Waals surface area contributed by atoms with Crippen molar-refractivity contribution in [1.29, 1.82) is 0 Å². The maximum atomic E-state index is 11.9. The van der Waals surface area contributed by atoms with Crippen molar-refractivity contribution in [2.45, 2.75) is 19.8 Å². The van der Waals surface area contributed by atoms with Crippen LogP contribution in [0.3, 0.4) is 0 Å². The summed E-state index contributed by atoms with van der Waals surface area (Å²) < 4.78 is 30.5. The van der Waals surface area contributed by atoms with Gasteiger partial charge >= 0.3 is 0 Å². The van der Waals surface area contributed by atoms with Gasteiger partial charge in [-0.1, -0.05) is 13.3 Å². The van der Waals surface area contributed by atoms with E-state index in [4.69, 9.17) is 4.74 Å². The number of anilines is 1. The van der Waals surface area contributed by atoms with Crippen LogP contribution in [0.2, 0.25) is 0 Å². The van der Waals surface area contributed by atoms with Crippen LogP contribution in [0, 0.1) is 0 Å². The van der Waals surface area contributed by atoms with Gasteiger partial charge in [0.05, 0.1) is 11.4 Å². The van der Waals surface area contributed by atoms with E-state index in [1.807, 2.05) is 11.6 Å². The lowest BCUT2D eigenvalue weighted by molar-refractivity contribution is -0.118. The maximum Gasteiger partial charge on any atom is 0.264 e. The first kappa shape index (κ1) is 15.3. The zero-order valence-corrected chi connectivity index (χ0v) is 12.3. The SMILES string of the molecule is CCCCS(=O)(=O)NC(=O)c1ccc2c(c1)NC(=O)CO2. The van der Waals surface area contributed by atoms with Gasteiger partial charge in [-0.15, -0.1) is 0 Å². The molecule has 7 nitrogen and oxygen atoms in total. The number of nitrogens with one attached hydrogen (secondary N) is 2. The number of hydrogen-bond acceptors (Lipinski definition) is 5. The molecule has 8 heteroatoms. The van der Waals surface area contributed by atoms with Crippen LogP contribution in [0.5, 0.6) is 5.75 Å². The normalized spacial score (nSPS) is 13.9. The monoisotopic (exact) mass is 312 g/mol. The van der Waals surface area contributed by atoms with Crippen LogP contribution >= 0.6 is 0 Å². The van der Waals surface area contributed by atoms with Crippen LogP contribution in [-0.2, 0) is 14.8 Å². The van der Waals surface area contributed by atoms with Gasteiger partial charge in [-0.2, -0.15) is 0 Å². The molecule has 2 amide bonds. The maximum absolute atomic E-state index is 11.9. The molecule has 21 heavy (non-hydrogen) atoms. The molecule has 0 fully saturated rings. The second-order valence-corrected chi connectivity index (χ2v) is 6.49. The molecule has 1 aliphatic rings. The Labute approximate surface area is 122 Å². The average Bonchev–Trinajstić information content (AvgIpc) is 2.44. The third-order valence-electron chi connectivity index (χ3n) is 2.89. The summed E-state index contributed by atoms with van der Waals surface area (Å²) >= 11 is 0. The van der Waals surface area contributed by atoms with E-state index in [0.717, 1.165) is 6.42 Å². The van der Waals surface area contributed by atoms with Gasteiger partial charge in [-0.25, -0.2) is 13.1 Å². The van der Waals surface area contributed by atoms with Gasteiger partial charge in [-0.3, -0.25) is 9.59 Å². The molecule has 1 heterocycles. The van der Waals surface area contributed by atoms with Crippen molar-refractivity contribution in [2.24, 2.45) is 0 Å². The zero-order chi connectivity index (χ0) is 15.5. The summed E-state index contributed by atoms with van der Waals surface area (Å²) in [5.41, 5.74) is 0.490. The van der Waals surface area contributed by atoms with Crippen molar-refractivity contribution in [3.8, 4) is 5.75 Å². The summed E-state index contributed by atoms with van der Waals surface area (Å²) in [5, 5.41) is 2.56. The van der Waals surface area contributed by atoms with E-state index < -0.39 is 15.9 Å². The Kier molecular flexibility index (Phi) is 4.46. The molecule has 0 bridgehead atoms. The fraction of sp³-hybridized carbons (Fsp3) is 0.385. The molecule has 0 saturated heterocycles. The number of rotatable bonds is 5. The van der Waals surface area contributed by atoms with Crippen LogP contribution in [0.1, 0.15) is 30.1 Å². The molecule has 0 spiro atoms. The van der Waals surface area contributed by atoms with Crippen LogP contribution < -0.4 is 14.8 Å². The van der Waals surface area contributed by atoms with Crippen molar-refractivity contribution in [3.63, 3.8) is 0 Å². The molecule has 2 rings (SSSR count). The van der Waals surface area contributed by atoms with E-state index in [2.05, 4.69) is 5.32 Å². The van der Waals surface area contributed by atoms with E-state index in [-0.39, 0.29) is 23.8 Å². The first-order valence-electron chi connectivity index (χ1n) is 6.53. The van der Waals surface area contributed by atoms with E-state index in [9.17, 15) is 18.0 Å². The third-order valence-corrected chi connectivity index (χ3v) is 4.21. The number of unbranched alkanes of at least 4 members (excludes halogenated alkanes) is 1. The first-order valence-corrected chi connectivity index (χ1v) is 8.18. The quantitative estimate of drug-likeness (QED) is 0.840. The Hall–Kier alpha value is -2.09. The van der Waals surface area contributed by atoms with Crippen molar-refractivity contribution in [1.82, 2.24) is 4.72 Å². The number of ether oxygens (including phenoxy) is 1. The molecule has 0 saturated carbocycles. The minimum absolute atomic E-state index is 0.0794. The summed E-state index contributed by atoms with van der Waals surface area (Å²) in [6.45, 7) is 1.79. The summed E-state index contributed by atoms with van der Waals surface area (Å²) in [6, 6.07) is 4.35. The average molecular weight is 312 g/mol. The van der Waals surface area contributed by atoms with E-state index in [0.29, 0.717) is 17.9 Å².